The van der Waals surface area contributed by atoms with E-state index in [1.54, 1.807) is 36.5 Å². The molecule has 4 heterocycles. The van der Waals surface area contributed by atoms with E-state index in [1.807, 2.05) is 25.7 Å². The molecule has 1 aliphatic rings. The Labute approximate surface area is 251 Å². The number of nitrogens with zero attached hydrogens (tertiary/aromatic N) is 6. The van der Waals surface area contributed by atoms with Crippen molar-refractivity contribution in [2.75, 3.05) is 24.5 Å². The van der Waals surface area contributed by atoms with E-state index in [0.717, 1.165) is 0 Å². The van der Waals surface area contributed by atoms with Gasteiger partial charge in [0.05, 0.1) is 27.5 Å². The topological polar surface area (TPSA) is 131 Å². The van der Waals surface area contributed by atoms with Gasteiger partial charge in [0.15, 0.2) is 5.65 Å². The van der Waals surface area contributed by atoms with Crippen molar-refractivity contribution < 1.29 is 23.8 Å². The van der Waals surface area contributed by atoms with Gasteiger partial charge >= 0.3 is 17.8 Å². The fraction of sp³-hybridized carbons (Fsp3) is 0.333. The number of anilines is 1. The van der Waals surface area contributed by atoms with Gasteiger partial charge in [-0.3, -0.25) is 9.78 Å². The van der Waals surface area contributed by atoms with Crippen LogP contribution in [0.3, 0.4) is 0 Å². The summed E-state index contributed by atoms with van der Waals surface area (Å²) < 4.78 is 21.6. The average molecular weight is 609 g/mol. The lowest BCUT2D eigenvalue weighted by atomic mass is 10.0. The minimum Gasteiger partial charge on any atom is -0.465 e. The fourth-order valence-corrected chi connectivity index (χ4v) is 5.56. The van der Waals surface area contributed by atoms with Gasteiger partial charge in [0.25, 0.3) is 0 Å². The standard InChI is InChI=1S/C30H30ClFN6O5/c1-16(2)24-26(19(9-10-33-24)15-43-18(4)39)38-28-21(13-22(31)25(34-28)20-7-5-6-8-23(20)32)27(35-29(38)40)37-12-11-36(30(41)42)14-17(37)3/h5-10,13,16-17H,11-12,14-15H2,1-4H3,(H,41,42)/t17-/m0/s1. The Morgan fingerprint density at radius 1 is 1.19 bits per heavy atom. The lowest BCUT2D eigenvalue weighted by Crippen LogP contribution is -2.54. The lowest BCUT2D eigenvalue weighted by molar-refractivity contribution is -0.142. The molecule has 43 heavy (non-hydrogen) atoms. The Hall–Kier alpha value is -4.58. The van der Waals surface area contributed by atoms with Gasteiger partial charge in [-0.25, -0.2) is 23.5 Å². The number of esters is 1. The molecule has 3 aromatic heterocycles. The first-order valence-electron chi connectivity index (χ1n) is 13.7. The molecule has 0 aliphatic carbocycles. The molecule has 0 spiro atoms. The largest absolute Gasteiger partial charge is 0.465 e. The van der Waals surface area contributed by atoms with Gasteiger partial charge in [-0.05, 0) is 37.1 Å². The molecule has 1 saturated heterocycles. The molecule has 1 N–H and O–H groups in total. The number of rotatable bonds is 6. The van der Waals surface area contributed by atoms with Crippen LogP contribution in [0.4, 0.5) is 15.0 Å². The first kappa shape index (κ1) is 29.9. The molecular formula is C30H30ClFN6O5. The summed E-state index contributed by atoms with van der Waals surface area (Å²) in [6.07, 6.45) is 0.544. The Bertz CT molecular complexity index is 1800. The maximum atomic E-state index is 15.0. The van der Waals surface area contributed by atoms with Crippen molar-refractivity contribution in [1.82, 2.24) is 24.4 Å². The molecule has 0 saturated carbocycles. The van der Waals surface area contributed by atoms with Gasteiger partial charge in [0.2, 0.25) is 0 Å². The molecule has 224 valence electrons. The number of hydrogen-bond donors (Lipinski definition) is 1. The number of ether oxygens (including phenoxy) is 1. The lowest BCUT2D eigenvalue weighted by Gasteiger charge is -2.39. The van der Waals surface area contributed by atoms with E-state index in [9.17, 15) is 23.9 Å². The molecule has 13 heteroatoms. The number of hydrogen-bond acceptors (Lipinski definition) is 8. The van der Waals surface area contributed by atoms with E-state index in [4.69, 9.17) is 21.3 Å². The van der Waals surface area contributed by atoms with Crippen molar-refractivity contribution in [2.45, 2.75) is 46.3 Å². The zero-order valence-electron chi connectivity index (χ0n) is 24.0. The van der Waals surface area contributed by atoms with Gasteiger partial charge < -0.3 is 19.6 Å². The van der Waals surface area contributed by atoms with Crippen molar-refractivity contribution in [3.05, 3.63) is 75.2 Å². The van der Waals surface area contributed by atoms with Crippen LogP contribution in [0.15, 0.2) is 47.4 Å². The third-order valence-electron chi connectivity index (χ3n) is 7.34. The van der Waals surface area contributed by atoms with Crippen LogP contribution in [-0.2, 0) is 16.1 Å². The number of benzene rings is 1. The molecule has 1 aromatic carbocycles. The van der Waals surface area contributed by atoms with Crippen LogP contribution in [0.2, 0.25) is 5.02 Å². The molecule has 11 nitrogen and oxygen atoms in total. The number of fused-ring (bicyclic) bond motifs is 1. The number of aromatic nitrogens is 4. The van der Waals surface area contributed by atoms with Crippen molar-refractivity contribution in [1.29, 1.82) is 0 Å². The Kier molecular flexibility index (Phi) is 8.32. The van der Waals surface area contributed by atoms with Crippen molar-refractivity contribution in [3.63, 3.8) is 0 Å². The van der Waals surface area contributed by atoms with Crippen molar-refractivity contribution in [3.8, 4) is 16.9 Å². The van der Waals surface area contributed by atoms with Crippen LogP contribution >= 0.6 is 11.6 Å². The molecule has 0 unspecified atom stereocenters. The Balaban J connectivity index is 1.84. The number of carbonyl (C=O) groups excluding carboxylic acids is 1. The van der Waals surface area contributed by atoms with Crippen LogP contribution in [0, 0.1) is 5.82 Å². The van der Waals surface area contributed by atoms with E-state index in [1.165, 1.54) is 22.5 Å². The van der Waals surface area contributed by atoms with E-state index in [-0.39, 0.29) is 65.9 Å². The van der Waals surface area contributed by atoms with E-state index < -0.39 is 23.6 Å². The number of pyridine rings is 2. The zero-order valence-corrected chi connectivity index (χ0v) is 24.8. The minimum absolute atomic E-state index is 0.123. The predicted octanol–water partition coefficient (Wildman–Crippen LogP) is 5.01. The summed E-state index contributed by atoms with van der Waals surface area (Å²) in [4.78, 5) is 54.4. The van der Waals surface area contributed by atoms with Crippen LogP contribution in [0.5, 0.6) is 0 Å². The van der Waals surface area contributed by atoms with Crippen molar-refractivity contribution >= 4 is 40.5 Å². The summed E-state index contributed by atoms with van der Waals surface area (Å²) in [5.74, 6) is -0.922. The second kappa shape index (κ2) is 12.0. The second-order valence-electron chi connectivity index (χ2n) is 10.6. The third kappa shape index (κ3) is 5.74. The SMILES string of the molecule is CC(=O)OCc1ccnc(C(C)C)c1-n1c(=O)nc(N2CCN(C(=O)O)C[C@@H]2C)c2cc(Cl)c(-c3ccccc3F)nc21. The zero-order chi connectivity index (χ0) is 31.0. The summed E-state index contributed by atoms with van der Waals surface area (Å²) in [5.41, 5.74) is 1.11. The molecule has 1 amide bonds. The highest BCUT2D eigenvalue weighted by Crippen LogP contribution is 2.36. The maximum Gasteiger partial charge on any atom is 0.407 e. The van der Waals surface area contributed by atoms with Gasteiger partial charge in [0.1, 0.15) is 18.2 Å². The van der Waals surface area contributed by atoms with Crippen LogP contribution < -0.4 is 10.6 Å². The minimum atomic E-state index is -1.03. The summed E-state index contributed by atoms with van der Waals surface area (Å²) in [5, 5.41) is 10.0. The normalized spacial score (nSPS) is 15.3. The first-order chi connectivity index (χ1) is 20.5. The number of halogens is 2. The van der Waals surface area contributed by atoms with Gasteiger partial charge in [-0.15, -0.1) is 0 Å². The van der Waals surface area contributed by atoms with Gasteiger partial charge in [0, 0.05) is 49.9 Å². The quantitative estimate of drug-likeness (QED) is 0.300. The first-order valence-corrected chi connectivity index (χ1v) is 14.1. The molecule has 5 rings (SSSR count). The second-order valence-corrected chi connectivity index (χ2v) is 11.0. The summed E-state index contributed by atoms with van der Waals surface area (Å²) in [6, 6.07) is 8.96. The van der Waals surface area contributed by atoms with Gasteiger partial charge in [-0.2, -0.15) is 4.98 Å². The number of amides is 1. The highest BCUT2D eigenvalue weighted by molar-refractivity contribution is 6.33. The van der Waals surface area contributed by atoms with E-state index >= 15 is 0 Å². The Morgan fingerprint density at radius 3 is 2.58 bits per heavy atom. The summed E-state index contributed by atoms with van der Waals surface area (Å²) in [6.45, 7) is 7.49. The van der Waals surface area contributed by atoms with E-state index in [0.29, 0.717) is 22.3 Å². The maximum absolute atomic E-state index is 15.0. The summed E-state index contributed by atoms with van der Waals surface area (Å²) >= 11 is 6.74. The molecule has 0 radical (unpaired) electrons. The monoisotopic (exact) mass is 608 g/mol. The molecule has 0 bridgehead atoms. The van der Waals surface area contributed by atoms with E-state index in [2.05, 4.69) is 9.97 Å². The molecule has 1 atom stereocenters. The number of carboxylic acid groups (broad SMARTS) is 1. The molecular weight excluding hydrogens is 579 g/mol. The average Bonchev–Trinajstić information content (AvgIpc) is 2.96. The van der Waals surface area contributed by atoms with Gasteiger partial charge in [-0.1, -0.05) is 37.6 Å². The predicted molar refractivity (Wildman–Crippen MR) is 159 cm³/mol. The Morgan fingerprint density at radius 2 is 1.93 bits per heavy atom. The molecule has 1 aliphatic heterocycles. The number of carbonyl (C=O) groups is 2. The highest BCUT2D eigenvalue weighted by Gasteiger charge is 2.31. The van der Waals surface area contributed by atoms with Crippen LogP contribution in [-0.4, -0.2) is 67.3 Å². The fourth-order valence-electron chi connectivity index (χ4n) is 5.30. The number of piperazine rings is 1. The third-order valence-corrected chi connectivity index (χ3v) is 7.63. The summed E-state index contributed by atoms with van der Waals surface area (Å²) in [7, 11) is 0. The molecule has 1 fully saturated rings. The van der Waals surface area contributed by atoms with Crippen LogP contribution in [0.1, 0.15) is 44.9 Å². The van der Waals surface area contributed by atoms with Crippen molar-refractivity contribution in [2.24, 2.45) is 0 Å². The highest BCUT2D eigenvalue weighted by atomic mass is 35.5. The smallest absolute Gasteiger partial charge is 0.407 e. The molecule has 4 aromatic rings. The van der Waals surface area contributed by atoms with Crippen LogP contribution in [0.25, 0.3) is 28.0 Å².